The first-order chi connectivity index (χ1) is 13.0. The number of anilines is 1. The van der Waals surface area contributed by atoms with Crippen LogP contribution in [0.2, 0.25) is 0 Å². The van der Waals surface area contributed by atoms with Gasteiger partial charge in [-0.25, -0.2) is 13.4 Å². The summed E-state index contributed by atoms with van der Waals surface area (Å²) >= 11 is 0. The number of piperidine rings is 1. The number of H-pyrrole nitrogens is 1. The van der Waals surface area contributed by atoms with Crippen LogP contribution in [0.1, 0.15) is 24.3 Å². The molecule has 142 valence electrons. The average molecular weight is 385 g/mol. The van der Waals surface area contributed by atoms with E-state index >= 15 is 0 Å². The lowest BCUT2D eigenvalue weighted by molar-refractivity contribution is 0.415. The molecule has 0 spiro atoms. The normalized spacial score (nSPS) is 16.0. The molecule has 7 heteroatoms. The van der Waals surface area contributed by atoms with Gasteiger partial charge in [-0.05, 0) is 54.7 Å². The van der Waals surface area contributed by atoms with E-state index in [-0.39, 0.29) is 0 Å². The Hall–Kier alpha value is -2.54. The minimum absolute atomic E-state index is 0.306. The number of aromatic nitrogens is 2. The quantitative estimate of drug-likeness (QED) is 0.745. The summed E-state index contributed by atoms with van der Waals surface area (Å²) in [5, 5.41) is 1.20. The molecule has 1 fully saturated rings. The lowest BCUT2D eigenvalue weighted by Crippen LogP contribution is -2.34. The molecular weight excluding hydrogens is 362 g/mol. The lowest BCUT2D eigenvalue weighted by Gasteiger charge is -2.33. The van der Waals surface area contributed by atoms with E-state index in [0.717, 1.165) is 37.2 Å². The fourth-order valence-electron chi connectivity index (χ4n) is 3.90. The minimum Gasteiger partial charge on any atom is -0.497 e. The van der Waals surface area contributed by atoms with Gasteiger partial charge in [0.1, 0.15) is 16.5 Å². The van der Waals surface area contributed by atoms with Crippen molar-refractivity contribution in [3.63, 3.8) is 0 Å². The summed E-state index contributed by atoms with van der Waals surface area (Å²) in [4.78, 5) is 10.1. The van der Waals surface area contributed by atoms with Crippen molar-refractivity contribution in [3.8, 4) is 5.75 Å². The number of aromatic amines is 1. The van der Waals surface area contributed by atoms with E-state index in [1.54, 1.807) is 25.4 Å². The van der Waals surface area contributed by atoms with Crippen LogP contribution < -0.4 is 9.64 Å². The van der Waals surface area contributed by atoms with E-state index in [2.05, 4.69) is 27.1 Å². The van der Waals surface area contributed by atoms with E-state index in [9.17, 15) is 8.42 Å². The molecule has 0 saturated carbocycles. The molecule has 0 radical (unpaired) electrons. The van der Waals surface area contributed by atoms with Gasteiger partial charge in [0, 0.05) is 42.6 Å². The van der Waals surface area contributed by atoms with Crippen molar-refractivity contribution in [2.45, 2.75) is 23.7 Å². The minimum atomic E-state index is -3.30. The molecule has 1 saturated heterocycles. The van der Waals surface area contributed by atoms with Crippen molar-refractivity contribution >= 4 is 26.6 Å². The molecule has 0 atom stereocenters. The van der Waals surface area contributed by atoms with Gasteiger partial charge in [-0.15, -0.1) is 0 Å². The number of hydrogen-bond acceptors (Lipinski definition) is 5. The van der Waals surface area contributed by atoms with Crippen molar-refractivity contribution in [1.82, 2.24) is 9.97 Å². The van der Waals surface area contributed by atoms with E-state index in [1.807, 2.05) is 12.1 Å². The zero-order valence-corrected chi connectivity index (χ0v) is 16.3. The molecule has 1 aliphatic heterocycles. The largest absolute Gasteiger partial charge is 0.497 e. The van der Waals surface area contributed by atoms with Crippen LogP contribution in [0.3, 0.4) is 0 Å². The number of pyridine rings is 1. The van der Waals surface area contributed by atoms with Crippen molar-refractivity contribution in [1.29, 1.82) is 0 Å². The maximum atomic E-state index is 12.1. The number of benzene rings is 1. The van der Waals surface area contributed by atoms with Gasteiger partial charge in [0.15, 0.2) is 9.84 Å². The maximum Gasteiger partial charge on any atom is 0.179 e. The van der Waals surface area contributed by atoms with E-state index in [4.69, 9.17) is 4.74 Å². The molecule has 1 aliphatic rings. The molecule has 3 heterocycles. The highest BCUT2D eigenvalue weighted by Gasteiger charge is 2.26. The molecule has 0 bridgehead atoms. The summed E-state index contributed by atoms with van der Waals surface area (Å²) in [5.41, 5.74) is 2.41. The zero-order chi connectivity index (χ0) is 19.0. The average Bonchev–Trinajstić information content (AvgIpc) is 3.10. The molecule has 1 N–H and O–H groups in total. The summed E-state index contributed by atoms with van der Waals surface area (Å²) < 4.78 is 29.5. The molecule has 6 nitrogen and oxygen atoms in total. The van der Waals surface area contributed by atoms with Crippen LogP contribution in [0.5, 0.6) is 5.75 Å². The van der Waals surface area contributed by atoms with Gasteiger partial charge in [-0.3, -0.25) is 0 Å². The summed E-state index contributed by atoms with van der Waals surface area (Å²) in [6.45, 7) is 1.56. The summed E-state index contributed by atoms with van der Waals surface area (Å²) in [7, 11) is -1.62. The number of hydrogen-bond donors (Lipinski definition) is 1. The molecule has 0 aliphatic carbocycles. The molecule has 3 aromatic rings. The standard InChI is InChI=1S/C20H23N3O3S/c1-26-15-5-6-18-16(12-15)17(13-22-18)14-7-10-23(11-8-14)20-19(27(2,24)25)4-3-9-21-20/h3-6,9,12-14,22H,7-8,10-11H2,1-2H3. The molecule has 0 amide bonds. The number of fused-ring (bicyclic) bond motifs is 1. The predicted octanol–water partition coefficient (Wildman–Crippen LogP) is 3.36. The predicted molar refractivity (Wildman–Crippen MR) is 106 cm³/mol. The van der Waals surface area contributed by atoms with Crippen molar-refractivity contribution in [2.75, 3.05) is 31.4 Å². The van der Waals surface area contributed by atoms with Gasteiger partial charge >= 0.3 is 0 Å². The Labute approximate surface area is 159 Å². The number of nitrogens with zero attached hydrogens (tertiary/aromatic N) is 2. The number of methoxy groups -OCH3 is 1. The third kappa shape index (κ3) is 3.39. The molecular formula is C20H23N3O3S. The van der Waals surface area contributed by atoms with Gasteiger partial charge in [0.05, 0.1) is 7.11 Å². The molecule has 27 heavy (non-hydrogen) atoms. The second-order valence-electron chi connectivity index (χ2n) is 7.01. The first kappa shape index (κ1) is 17.9. The SMILES string of the molecule is COc1ccc2[nH]cc(C3CCN(c4ncccc4S(C)(=O)=O)CC3)c2c1. The van der Waals surface area contributed by atoms with E-state index in [0.29, 0.717) is 16.6 Å². The Bertz CT molecular complexity index is 1070. The molecule has 2 aromatic heterocycles. The highest BCUT2D eigenvalue weighted by Crippen LogP contribution is 2.36. The summed E-state index contributed by atoms with van der Waals surface area (Å²) in [6, 6.07) is 9.38. The molecule has 4 rings (SSSR count). The van der Waals surface area contributed by atoms with E-state index in [1.165, 1.54) is 17.2 Å². The Morgan fingerprint density at radius 2 is 2.00 bits per heavy atom. The third-order valence-corrected chi connectivity index (χ3v) is 6.42. The van der Waals surface area contributed by atoms with Gasteiger partial charge in [0.25, 0.3) is 0 Å². The fourth-order valence-corrected chi connectivity index (χ4v) is 4.74. The Morgan fingerprint density at radius 1 is 1.22 bits per heavy atom. The number of rotatable bonds is 4. The van der Waals surface area contributed by atoms with E-state index < -0.39 is 9.84 Å². The second-order valence-corrected chi connectivity index (χ2v) is 9.00. The third-order valence-electron chi connectivity index (χ3n) is 5.31. The van der Waals surface area contributed by atoms with Crippen molar-refractivity contribution in [2.24, 2.45) is 0 Å². The van der Waals surface area contributed by atoms with Crippen LogP contribution >= 0.6 is 0 Å². The number of nitrogens with one attached hydrogen (secondary N) is 1. The Morgan fingerprint density at radius 3 is 2.70 bits per heavy atom. The second kappa shape index (κ2) is 6.88. The first-order valence-corrected chi connectivity index (χ1v) is 10.9. The highest BCUT2D eigenvalue weighted by molar-refractivity contribution is 7.90. The monoisotopic (exact) mass is 385 g/mol. The zero-order valence-electron chi connectivity index (χ0n) is 15.5. The van der Waals surface area contributed by atoms with Crippen molar-refractivity contribution < 1.29 is 13.2 Å². The van der Waals surface area contributed by atoms with Gasteiger partial charge in [-0.1, -0.05) is 0 Å². The summed E-state index contributed by atoms with van der Waals surface area (Å²) in [5.74, 6) is 1.85. The van der Waals surface area contributed by atoms with Crippen LogP contribution in [0.15, 0.2) is 47.6 Å². The molecule has 0 unspecified atom stereocenters. The number of sulfone groups is 1. The van der Waals surface area contributed by atoms with Crippen molar-refractivity contribution in [3.05, 3.63) is 48.3 Å². The maximum absolute atomic E-state index is 12.1. The lowest BCUT2D eigenvalue weighted by atomic mass is 9.89. The fraction of sp³-hybridized carbons (Fsp3) is 0.350. The van der Waals surface area contributed by atoms with Crippen LogP contribution in [0, 0.1) is 0 Å². The van der Waals surface area contributed by atoms with Gasteiger partial charge < -0.3 is 14.6 Å². The first-order valence-electron chi connectivity index (χ1n) is 9.02. The van der Waals surface area contributed by atoms with Crippen LogP contribution in [-0.2, 0) is 9.84 Å². The molecule has 1 aromatic carbocycles. The Balaban J connectivity index is 1.57. The smallest absolute Gasteiger partial charge is 0.179 e. The van der Waals surface area contributed by atoms with Crippen LogP contribution in [0.4, 0.5) is 5.82 Å². The summed E-state index contributed by atoms with van der Waals surface area (Å²) in [6.07, 6.45) is 6.88. The van der Waals surface area contributed by atoms with Crippen LogP contribution in [-0.4, -0.2) is 44.8 Å². The topological polar surface area (TPSA) is 75.3 Å². The Kier molecular flexibility index (Phi) is 4.55. The van der Waals surface area contributed by atoms with Gasteiger partial charge in [0.2, 0.25) is 0 Å². The van der Waals surface area contributed by atoms with Crippen LogP contribution in [0.25, 0.3) is 10.9 Å². The highest BCUT2D eigenvalue weighted by atomic mass is 32.2. The van der Waals surface area contributed by atoms with Gasteiger partial charge in [-0.2, -0.15) is 0 Å². The number of ether oxygens (including phenoxy) is 1.